The average Bonchev–Trinajstić information content (AvgIpc) is 2.44. The molecule has 1 N–H and O–H groups in total. The molecule has 1 heterocycles. The van der Waals surface area contributed by atoms with Crippen molar-refractivity contribution in [1.82, 2.24) is 4.90 Å². The molecule has 1 fully saturated rings. The second-order valence-corrected chi connectivity index (χ2v) is 6.45. The summed E-state index contributed by atoms with van der Waals surface area (Å²) in [6.45, 7) is 6.39. The normalized spacial score (nSPS) is 18.5. The van der Waals surface area contributed by atoms with Crippen LogP contribution in [0.25, 0.3) is 0 Å². The predicted molar refractivity (Wildman–Crippen MR) is 84.5 cm³/mol. The number of anilines is 1. The number of amides is 1. The van der Waals surface area contributed by atoms with Crippen molar-refractivity contribution in [3.63, 3.8) is 0 Å². The van der Waals surface area contributed by atoms with Gasteiger partial charge in [-0.15, -0.1) is 0 Å². The largest absolute Gasteiger partial charge is 0.508 e. The number of phenolic OH excluding ortho intramolecular Hbond substituents is 1. The highest BCUT2D eigenvalue weighted by Gasteiger charge is 2.31. The van der Waals surface area contributed by atoms with Crippen LogP contribution in [0.4, 0.5) is 5.69 Å². The smallest absolute Gasteiger partial charge is 0.281 e. The maximum atomic E-state index is 12.5. The molecule has 2 rings (SSSR count). The van der Waals surface area contributed by atoms with Crippen LogP contribution in [0.15, 0.2) is 18.2 Å². The molecular formula is C16H26N3O2+. The van der Waals surface area contributed by atoms with Crippen LogP contribution in [0.1, 0.15) is 5.56 Å². The molecule has 1 amide bonds. The lowest BCUT2D eigenvalue weighted by Crippen LogP contribution is -2.59. The predicted octanol–water partition coefficient (Wildman–Crippen LogP) is 1.06. The highest BCUT2D eigenvalue weighted by molar-refractivity contribution is 5.93. The monoisotopic (exact) mass is 292 g/mol. The van der Waals surface area contributed by atoms with E-state index in [2.05, 4.69) is 19.0 Å². The molecule has 1 aromatic carbocycles. The maximum Gasteiger partial charge on any atom is 0.281 e. The standard InChI is InChI=1S/C16H25N3O2/c1-13-5-6-14(11-15(13)20)18(3)16(21)12-19(4)9-7-17(2)8-10-19/h5-6,11H,7-10,12H2,1-4H3/p+1. The van der Waals surface area contributed by atoms with Crippen molar-refractivity contribution in [1.29, 1.82) is 0 Å². The fourth-order valence-electron chi connectivity index (χ4n) is 2.59. The number of rotatable bonds is 3. The Labute approximate surface area is 127 Å². The van der Waals surface area contributed by atoms with Gasteiger partial charge >= 0.3 is 0 Å². The zero-order valence-electron chi connectivity index (χ0n) is 13.5. The molecule has 1 saturated heterocycles. The van der Waals surface area contributed by atoms with Crippen molar-refractivity contribution < 1.29 is 14.4 Å². The van der Waals surface area contributed by atoms with Gasteiger partial charge in [0.1, 0.15) is 5.75 Å². The van der Waals surface area contributed by atoms with Crippen LogP contribution >= 0.6 is 0 Å². The van der Waals surface area contributed by atoms with Crippen LogP contribution in [0.5, 0.6) is 5.75 Å². The van der Waals surface area contributed by atoms with E-state index in [-0.39, 0.29) is 11.7 Å². The zero-order valence-corrected chi connectivity index (χ0v) is 13.5. The van der Waals surface area contributed by atoms with Crippen molar-refractivity contribution in [3.05, 3.63) is 23.8 Å². The van der Waals surface area contributed by atoms with E-state index in [1.165, 1.54) is 0 Å². The summed E-state index contributed by atoms with van der Waals surface area (Å²) in [6.07, 6.45) is 0. The molecule has 0 atom stereocenters. The maximum absolute atomic E-state index is 12.5. The first-order valence-corrected chi connectivity index (χ1v) is 7.39. The van der Waals surface area contributed by atoms with Crippen molar-refractivity contribution in [2.45, 2.75) is 6.92 Å². The van der Waals surface area contributed by atoms with E-state index in [4.69, 9.17) is 0 Å². The Balaban J connectivity index is 2.03. The molecule has 0 aromatic heterocycles. The van der Waals surface area contributed by atoms with Crippen LogP contribution in [0.2, 0.25) is 0 Å². The molecule has 0 spiro atoms. The minimum Gasteiger partial charge on any atom is -0.508 e. The minimum absolute atomic E-state index is 0.0882. The van der Waals surface area contributed by atoms with Gasteiger partial charge in [-0.25, -0.2) is 0 Å². The number of hydrogen-bond donors (Lipinski definition) is 1. The number of hydrogen-bond acceptors (Lipinski definition) is 3. The number of carbonyl (C=O) groups is 1. The summed E-state index contributed by atoms with van der Waals surface area (Å²) in [5.41, 5.74) is 1.56. The fourth-order valence-corrected chi connectivity index (χ4v) is 2.59. The number of carbonyl (C=O) groups excluding carboxylic acids is 1. The summed E-state index contributed by atoms with van der Waals surface area (Å²) in [5, 5.41) is 9.78. The van der Waals surface area contributed by atoms with Gasteiger partial charge in [0.25, 0.3) is 5.91 Å². The Morgan fingerprint density at radius 3 is 2.57 bits per heavy atom. The van der Waals surface area contributed by atoms with Crippen molar-refractivity contribution in [3.8, 4) is 5.75 Å². The Morgan fingerprint density at radius 1 is 1.38 bits per heavy atom. The lowest BCUT2D eigenvalue weighted by molar-refractivity contribution is -0.905. The van der Waals surface area contributed by atoms with Crippen molar-refractivity contribution in [2.24, 2.45) is 0 Å². The van der Waals surface area contributed by atoms with Gasteiger partial charge in [-0.1, -0.05) is 6.07 Å². The molecule has 1 aliphatic rings. The van der Waals surface area contributed by atoms with E-state index in [0.29, 0.717) is 6.54 Å². The summed E-state index contributed by atoms with van der Waals surface area (Å²) < 4.78 is 0.783. The molecule has 1 aromatic rings. The van der Waals surface area contributed by atoms with Gasteiger partial charge in [-0.05, 0) is 25.6 Å². The minimum atomic E-state index is 0.0882. The van der Waals surface area contributed by atoms with Crippen LogP contribution in [0.3, 0.4) is 0 Å². The molecule has 0 saturated carbocycles. The average molecular weight is 292 g/mol. The first-order valence-electron chi connectivity index (χ1n) is 7.39. The number of likely N-dealkylation sites (N-methyl/N-ethyl adjacent to an activating group) is 3. The first-order chi connectivity index (χ1) is 9.81. The van der Waals surface area contributed by atoms with E-state index in [9.17, 15) is 9.90 Å². The first kappa shape index (κ1) is 15.8. The molecule has 0 bridgehead atoms. The van der Waals surface area contributed by atoms with Crippen LogP contribution in [0, 0.1) is 6.92 Å². The van der Waals surface area contributed by atoms with Gasteiger partial charge in [0.15, 0.2) is 6.54 Å². The molecule has 5 nitrogen and oxygen atoms in total. The van der Waals surface area contributed by atoms with Gasteiger partial charge in [0.2, 0.25) is 0 Å². The van der Waals surface area contributed by atoms with E-state index < -0.39 is 0 Å². The number of quaternary nitrogens is 1. The van der Waals surface area contributed by atoms with Gasteiger partial charge < -0.3 is 14.5 Å². The topological polar surface area (TPSA) is 43.8 Å². The molecular weight excluding hydrogens is 266 g/mol. The highest BCUT2D eigenvalue weighted by atomic mass is 16.3. The SMILES string of the molecule is Cc1ccc(N(C)C(=O)C[N+]2(C)CCN(C)CC2)cc1O. The van der Waals surface area contributed by atoms with Crippen LogP contribution in [-0.2, 0) is 4.79 Å². The van der Waals surface area contributed by atoms with Crippen LogP contribution in [-0.4, -0.2) is 74.3 Å². The Kier molecular flexibility index (Phi) is 4.54. The molecule has 1 aliphatic heterocycles. The molecule has 0 unspecified atom stereocenters. The number of nitrogens with zero attached hydrogens (tertiary/aromatic N) is 3. The third kappa shape index (κ3) is 3.74. The lowest BCUT2D eigenvalue weighted by atomic mass is 10.2. The zero-order chi connectivity index (χ0) is 15.6. The molecule has 0 aliphatic carbocycles. The Hall–Kier alpha value is -1.59. The second-order valence-electron chi connectivity index (χ2n) is 6.45. The Morgan fingerprint density at radius 2 is 2.00 bits per heavy atom. The van der Waals surface area contributed by atoms with Gasteiger partial charge in [0.05, 0.1) is 20.1 Å². The summed E-state index contributed by atoms with van der Waals surface area (Å²) in [6, 6.07) is 5.36. The van der Waals surface area contributed by atoms with E-state index >= 15 is 0 Å². The van der Waals surface area contributed by atoms with Crippen molar-refractivity contribution >= 4 is 11.6 Å². The number of benzene rings is 1. The van der Waals surface area contributed by atoms with Gasteiger partial charge in [-0.2, -0.15) is 0 Å². The second kappa shape index (κ2) is 6.03. The van der Waals surface area contributed by atoms with Crippen LogP contribution < -0.4 is 4.90 Å². The fraction of sp³-hybridized carbons (Fsp3) is 0.562. The lowest BCUT2D eigenvalue weighted by Gasteiger charge is -2.41. The van der Waals surface area contributed by atoms with E-state index in [1.54, 1.807) is 18.0 Å². The van der Waals surface area contributed by atoms with E-state index in [1.807, 2.05) is 19.1 Å². The van der Waals surface area contributed by atoms with Gasteiger partial charge in [0, 0.05) is 31.9 Å². The summed E-state index contributed by atoms with van der Waals surface area (Å²) in [5.74, 6) is 0.317. The number of aromatic hydroxyl groups is 1. The summed E-state index contributed by atoms with van der Waals surface area (Å²) in [7, 11) is 6.03. The third-order valence-electron chi connectivity index (χ3n) is 4.51. The summed E-state index contributed by atoms with van der Waals surface area (Å²) in [4.78, 5) is 16.4. The molecule has 21 heavy (non-hydrogen) atoms. The number of piperazine rings is 1. The quantitative estimate of drug-likeness (QED) is 0.847. The molecule has 116 valence electrons. The summed E-state index contributed by atoms with van der Waals surface area (Å²) >= 11 is 0. The molecule has 5 heteroatoms. The number of aryl methyl sites for hydroxylation is 1. The highest BCUT2D eigenvalue weighted by Crippen LogP contribution is 2.23. The van der Waals surface area contributed by atoms with E-state index in [0.717, 1.165) is 41.9 Å². The van der Waals surface area contributed by atoms with Crippen molar-refractivity contribution in [2.75, 3.05) is 58.8 Å². The third-order valence-corrected chi connectivity index (χ3v) is 4.51. The Bertz CT molecular complexity index is 522. The molecule has 0 radical (unpaired) electrons. The number of phenols is 1. The van der Waals surface area contributed by atoms with Gasteiger partial charge in [-0.3, -0.25) is 9.69 Å².